The van der Waals surface area contributed by atoms with E-state index >= 15 is 0 Å². The van der Waals surface area contributed by atoms with Crippen LogP contribution in [0.25, 0.3) is 0 Å². The third-order valence-corrected chi connectivity index (χ3v) is 11.8. The summed E-state index contributed by atoms with van der Waals surface area (Å²) < 4.78 is 0. The van der Waals surface area contributed by atoms with Gasteiger partial charge in [0.05, 0.1) is 0 Å². The lowest BCUT2D eigenvalue weighted by Gasteiger charge is -2.33. The monoisotopic (exact) mass is 536 g/mol. The molecule has 33 heavy (non-hydrogen) atoms. The van der Waals surface area contributed by atoms with E-state index < -0.39 is 0 Å². The van der Waals surface area contributed by atoms with E-state index in [9.17, 15) is 0 Å². The second-order valence-electron chi connectivity index (χ2n) is 9.95. The quantitative estimate of drug-likeness (QED) is 0.0911. The molecule has 0 heterocycles. The van der Waals surface area contributed by atoms with Gasteiger partial charge in [-0.2, -0.15) is 47.0 Å². The van der Waals surface area contributed by atoms with E-state index in [0.29, 0.717) is 5.41 Å². The number of thioether (sulfide) groups is 4. The van der Waals surface area contributed by atoms with Gasteiger partial charge >= 0.3 is 0 Å². The SMILES string of the molecule is CCCCCCSCC(CSCCCCCC)(CSCCCCCC)CSCCCCCC. The Kier molecular flexibility index (Phi) is 29.2. The zero-order chi connectivity index (χ0) is 24.3. The van der Waals surface area contributed by atoms with Gasteiger partial charge < -0.3 is 0 Å². The summed E-state index contributed by atoms with van der Waals surface area (Å²) in [5.41, 5.74) is 0.537. The molecule has 0 rings (SSSR count). The number of unbranched alkanes of at least 4 members (excludes halogenated alkanes) is 12. The summed E-state index contributed by atoms with van der Waals surface area (Å²) in [5, 5.41) is 0. The molecule has 0 saturated heterocycles. The maximum atomic E-state index is 2.32. The van der Waals surface area contributed by atoms with Gasteiger partial charge in [0, 0.05) is 28.4 Å². The molecular weight excluding hydrogens is 477 g/mol. The Morgan fingerprint density at radius 3 is 0.788 bits per heavy atom. The number of hydrogen-bond donors (Lipinski definition) is 0. The first kappa shape index (κ1) is 34.4. The lowest BCUT2D eigenvalue weighted by molar-refractivity contribution is 0.514. The van der Waals surface area contributed by atoms with Crippen molar-refractivity contribution < 1.29 is 0 Å². The van der Waals surface area contributed by atoms with Crippen LogP contribution < -0.4 is 0 Å². The van der Waals surface area contributed by atoms with E-state index in [0.717, 1.165) is 0 Å². The summed E-state index contributed by atoms with van der Waals surface area (Å²) >= 11 is 9.15. The predicted octanol–water partition coefficient (Wildman–Crippen LogP) is 11.2. The minimum atomic E-state index is 0.537. The van der Waals surface area contributed by atoms with E-state index in [4.69, 9.17) is 0 Å². The van der Waals surface area contributed by atoms with Crippen LogP contribution in [0.3, 0.4) is 0 Å². The molecule has 0 aliphatic carbocycles. The molecule has 0 bridgehead atoms. The first-order valence-corrected chi connectivity index (χ1v) is 19.2. The van der Waals surface area contributed by atoms with Gasteiger partial charge in [0.2, 0.25) is 0 Å². The Bertz CT molecular complexity index is 292. The van der Waals surface area contributed by atoms with Gasteiger partial charge in [-0.25, -0.2) is 0 Å². The zero-order valence-corrected chi connectivity index (χ0v) is 26.4. The molecule has 0 aliphatic heterocycles. The van der Waals surface area contributed by atoms with Crippen LogP contribution in [0, 0.1) is 5.41 Å². The van der Waals surface area contributed by atoms with Crippen LogP contribution in [0.1, 0.15) is 130 Å². The van der Waals surface area contributed by atoms with Crippen LogP contribution in [0.5, 0.6) is 0 Å². The Morgan fingerprint density at radius 2 is 0.576 bits per heavy atom. The van der Waals surface area contributed by atoms with Crippen molar-refractivity contribution in [2.75, 3.05) is 46.0 Å². The van der Waals surface area contributed by atoms with Gasteiger partial charge in [-0.05, 0) is 48.7 Å². The fourth-order valence-corrected chi connectivity index (χ4v) is 9.87. The average Bonchev–Trinajstić information content (AvgIpc) is 2.83. The maximum absolute atomic E-state index is 2.32. The van der Waals surface area contributed by atoms with E-state index in [-0.39, 0.29) is 0 Å². The van der Waals surface area contributed by atoms with E-state index in [1.54, 1.807) is 0 Å². The minimum absolute atomic E-state index is 0.537. The number of rotatable bonds is 28. The van der Waals surface area contributed by atoms with Crippen LogP contribution >= 0.6 is 47.0 Å². The Morgan fingerprint density at radius 1 is 0.333 bits per heavy atom. The molecule has 0 saturated carbocycles. The van der Waals surface area contributed by atoms with Crippen molar-refractivity contribution >= 4 is 47.0 Å². The summed E-state index contributed by atoms with van der Waals surface area (Å²) in [6.45, 7) is 9.30. The highest BCUT2D eigenvalue weighted by atomic mass is 32.2. The van der Waals surface area contributed by atoms with Crippen molar-refractivity contribution in [3.8, 4) is 0 Å². The van der Waals surface area contributed by atoms with Crippen LogP contribution in [-0.4, -0.2) is 46.0 Å². The van der Waals surface area contributed by atoms with Crippen molar-refractivity contribution in [2.45, 2.75) is 130 Å². The molecule has 0 spiro atoms. The molecule has 0 amide bonds. The Hall–Kier alpha value is 1.40. The molecule has 0 atom stereocenters. The van der Waals surface area contributed by atoms with Crippen molar-refractivity contribution in [1.82, 2.24) is 0 Å². The standard InChI is InChI=1S/C29H60S4/c1-5-9-13-17-21-30-25-29(26-31-22-18-14-10-6-2,27-32-23-19-15-11-7-3)28-33-24-20-16-12-8-4/h5-28H2,1-4H3. The molecule has 0 radical (unpaired) electrons. The normalized spacial score (nSPS) is 12.0. The van der Waals surface area contributed by atoms with Gasteiger partial charge in [-0.15, -0.1) is 0 Å². The van der Waals surface area contributed by atoms with Crippen LogP contribution in [0.2, 0.25) is 0 Å². The second kappa shape index (κ2) is 28.0. The maximum Gasteiger partial charge on any atom is 0.00650 e. The molecule has 0 aromatic heterocycles. The highest BCUT2D eigenvalue weighted by Crippen LogP contribution is 2.36. The summed E-state index contributed by atoms with van der Waals surface area (Å²) in [6, 6.07) is 0. The summed E-state index contributed by atoms with van der Waals surface area (Å²) in [4.78, 5) is 0. The molecule has 0 aliphatic rings. The molecule has 0 unspecified atom stereocenters. The summed E-state index contributed by atoms with van der Waals surface area (Å²) in [6.07, 6.45) is 22.5. The minimum Gasteiger partial charge on any atom is -0.161 e. The molecule has 0 N–H and O–H groups in total. The lowest BCUT2D eigenvalue weighted by atomic mass is 9.99. The Labute approximate surface area is 227 Å². The smallest absolute Gasteiger partial charge is 0.00650 e. The van der Waals surface area contributed by atoms with E-state index in [1.165, 1.54) is 149 Å². The third kappa shape index (κ3) is 23.5. The van der Waals surface area contributed by atoms with Crippen LogP contribution in [0.4, 0.5) is 0 Å². The van der Waals surface area contributed by atoms with Gasteiger partial charge in [0.15, 0.2) is 0 Å². The van der Waals surface area contributed by atoms with Crippen molar-refractivity contribution in [1.29, 1.82) is 0 Å². The van der Waals surface area contributed by atoms with E-state index in [1.807, 2.05) is 0 Å². The van der Waals surface area contributed by atoms with Crippen LogP contribution in [-0.2, 0) is 0 Å². The van der Waals surface area contributed by atoms with Gasteiger partial charge in [-0.1, -0.05) is 105 Å². The third-order valence-electron chi connectivity index (χ3n) is 6.20. The topological polar surface area (TPSA) is 0 Å². The van der Waals surface area contributed by atoms with Gasteiger partial charge in [0.25, 0.3) is 0 Å². The molecule has 0 aromatic rings. The van der Waals surface area contributed by atoms with Gasteiger partial charge in [0.1, 0.15) is 0 Å². The first-order valence-electron chi connectivity index (χ1n) is 14.6. The zero-order valence-electron chi connectivity index (χ0n) is 23.1. The van der Waals surface area contributed by atoms with Crippen molar-refractivity contribution in [2.24, 2.45) is 5.41 Å². The number of hydrogen-bond acceptors (Lipinski definition) is 4. The summed E-state index contributed by atoms with van der Waals surface area (Å²) in [7, 11) is 0. The molecule has 0 aromatic carbocycles. The average molecular weight is 537 g/mol. The molecule has 4 heteroatoms. The largest absolute Gasteiger partial charge is 0.161 e. The second-order valence-corrected chi connectivity index (χ2v) is 14.4. The molecular formula is C29H60S4. The van der Waals surface area contributed by atoms with Crippen LogP contribution in [0.15, 0.2) is 0 Å². The van der Waals surface area contributed by atoms with Crippen molar-refractivity contribution in [3.63, 3.8) is 0 Å². The fraction of sp³-hybridized carbons (Fsp3) is 1.00. The predicted molar refractivity (Wildman–Crippen MR) is 168 cm³/mol. The highest BCUT2D eigenvalue weighted by molar-refractivity contribution is 8.02. The fourth-order valence-electron chi connectivity index (χ4n) is 3.93. The Balaban J connectivity index is 4.74. The molecule has 0 nitrogen and oxygen atoms in total. The first-order chi connectivity index (χ1) is 16.2. The van der Waals surface area contributed by atoms with E-state index in [2.05, 4.69) is 74.7 Å². The summed E-state index contributed by atoms with van der Waals surface area (Å²) in [5.74, 6) is 11.1. The lowest BCUT2D eigenvalue weighted by Crippen LogP contribution is -2.34. The van der Waals surface area contributed by atoms with Gasteiger partial charge in [-0.3, -0.25) is 0 Å². The highest BCUT2D eigenvalue weighted by Gasteiger charge is 2.30. The molecule has 200 valence electrons. The van der Waals surface area contributed by atoms with Crippen molar-refractivity contribution in [3.05, 3.63) is 0 Å². The molecule has 0 fully saturated rings.